The molecule has 0 aliphatic heterocycles. The molecule has 1 aliphatic rings. The highest BCUT2D eigenvalue weighted by molar-refractivity contribution is 5.99. The summed E-state index contributed by atoms with van der Waals surface area (Å²) in [7, 11) is 0. The Bertz CT molecular complexity index is 2710. The summed E-state index contributed by atoms with van der Waals surface area (Å²) in [4.78, 5) is 2.48. The fraction of sp³-hybridized carbons (Fsp3) is 0.0182. The van der Waals surface area contributed by atoms with E-state index in [1.165, 1.54) is 66.8 Å². The smallest absolute Gasteiger partial charge is 0.0714 e. The maximum absolute atomic E-state index is 2.48. The molecule has 56 heavy (non-hydrogen) atoms. The fourth-order valence-corrected chi connectivity index (χ4v) is 8.89. The average Bonchev–Trinajstić information content (AvgIpc) is 3.60. The Morgan fingerprint density at radius 2 is 0.679 bits per heavy atom. The van der Waals surface area contributed by atoms with Crippen molar-refractivity contribution in [2.45, 2.75) is 5.41 Å². The van der Waals surface area contributed by atoms with Gasteiger partial charge in [-0.05, 0) is 79.9 Å². The van der Waals surface area contributed by atoms with Crippen molar-refractivity contribution in [3.63, 3.8) is 0 Å². The van der Waals surface area contributed by atoms with Gasteiger partial charge < -0.3 is 4.90 Å². The number of benzene rings is 9. The van der Waals surface area contributed by atoms with Crippen LogP contribution < -0.4 is 4.90 Å². The lowest BCUT2D eigenvalue weighted by molar-refractivity contribution is 0.768. The molecule has 0 amide bonds. The maximum atomic E-state index is 2.48. The third-order valence-electron chi connectivity index (χ3n) is 11.4. The molecular formula is C55H39N. The van der Waals surface area contributed by atoms with Crippen molar-refractivity contribution in [3.05, 3.63) is 259 Å². The van der Waals surface area contributed by atoms with Crippen molar-refractivity contribution in [1.82, 2.24) is 0 Å². The van der Waals surface area contributed by atoms with E-state index in [4.69, 9.17) is 0 Å². The van der Waals surface area contributed by atoms with Crippen LogP contribution in [0.5, 0.6) is 0 Å². The quantitative estimate of drug-likeness (QED) is 0.152. The monoisotopic (exact) mass is 713 g/mol. The van der Waals surface area contributed by atoms with Gasteiger partial charge in [-0.25, -0.2) is 0 Å². The highest BCUT2D eigenvalue weighted by atomic mass is 15.1. The largest absolute Gasteiger partial charge is 0.309 e. The van der Waals surface area contributed by atoms with Crippen molar-refractivity contribution in [2.75, 3.05) is 4.90 Å². The first-order valence-corrected chi connectivity index (χ1v) is 19.4. The van der Waals surface area contributed by atoms with Gasteiger partial charge in [-0.1, -0.05) is 212 Å². The minimum absolute atomic E-state index is 0.500. The van der Waals surface area contributed by atoms with Crippen molar-refractivity contribution >= 4 is 17.1 Å². The summed E-state index contributed by atoms with van der Waals surface area (Å²) in [6.45, 7) is 0. The van der Waals surface area contributed by atoms with E-state index in [-0.39, 0.29) is 0 Å². The van der Waals surface area contributed by atoms with E-state index in [2.05, 4.69) is 241 Å². The summed E-state index contributed by atoms with van der Waals surface area (Å²) in [6.07, 6.45) is 0. The molecule has 0 saturated carbocycles. The number of para-hydroxylation sites is 1. The third-order valence-corrected chi connectivity index (χ3v) is 11.4. The molecule has 264 valence electrons. The lowest BCUT2D eigenvalue weighted by Crippen LogP contribution is -2.28. The van der Waals surface area contributed by atoms with Gasteiger partial charge in [0.15, 0.2) is 0 Å². The summed E-state index contributed by atoms with van der Waals surface area (Å²) >= 11 is 0. The van der Waals surface area contributed by atoms with Gasteiger partial charge in [-0.15, -0.1) is 0 Å². The zero-order chi connectivity index (χ0) is 37.3. The summed E-state index contributed by atoms with van der Waals surface area (Å²) in [5.74, 6) is 0. The van der Waals surface area contributed by atoms with E-state index in [0.29, 0.717) is 0 Å². The summed E-state index contributed by atoms with van der Waals surface area (Å²) in [5, 5.41) is 0. The van der Waals surface area contributed by atoms with E-state index in [1.807, 2.05) is 0 Å². The lowest BCUT2D eigenvalue weighted by Gasteiger charge is -2.34. The van der Waals surface area contributed by atoms with E-state index in [1.54, 1.807) is 0 Å². The maximum Gasteiger partial charge on any atom is 0.0714 e. The van der Waals surface area contributed by atoms with Crippen LogP contribution in [0.1, 0.15) is 22.3 Å². The molecule has 0 atom stereocenters. The van der Waals surface area contributed by atoms with Crippen LogP contribution in [-0.4, -0.2) is 0 Å². The second-order valence-corrected chi connectivity index (χ2v) is 14.4. The molecule has 10 rings (SSSR count). The molecule has 0 radical (unpaired) electrons. The molecule has 0 bridgehead atoms. The molecule has 9 aromatic rings. The van der Waals surface area contributed by atoms with Crippen molar-refractivity contribution < 1.29 is 0 Å². The Morgan fingerprint density at radius 1 is 0.268 bits per heavy atom. The number of nitrogens with zero attached hydrogens (tertiary/aromatic N) is 1. The third kappa shape index (κ3) is 5.56. The molecule has 0 fully saturated rings. The molecule has 0 heterocycles. The predicted molar refractivity (Wildman–Crippen MR) is 235 cm³/mol. The van der Waals surface area contributed by atoms with Gasteiger partial charge in [-0.2, -0.15) is 0 Å². The van der Waals surface area contributed by atoms with Crippen LogP contribution in [0.2, 0.25) is 0 Å². The number of fused-ring (bicyclic) bond motifs is 3. The van der Waals surface area contributed by atoms with Crippen LogP contribution in [0, 0.1) is 0 Å². The van der Waals surface area contributed by atoms with Crippen LogP contribution in [0.4, 0.5) is 17.1 Å². The molecule has 1 aliphatic carbocycles. The molecule has 0 aromatic heterocycles. The topological polar surface area (TPSA) is 3.24 Å². The molecule has 1 heteroatoms. The summed E-state index contributed by atoms with van der Waals surface area (Å²) in [5.41, 5.74) is 17.6. The number of hydrogen-bond donors (Lipinski definition) is 0. The molecule has 9 aromatic carbocycles. The predicted octanol–water partition coefficient (Wildman–Crippen LogP) is 14.5. The van der Waals surface area contributed by atoms with Crippen molar-refractivity contribution in [3.8, 4) is 44.5 Å². The fourth-order valence-electron chi connectivity index (χ4n) is 8.89. The highest BCUT2D eigenvalue weighted by Gasteiger charge is 2.47. The zero-order valence-corrected chi connectivity index (χ0v) is 31.0. The number of hydrogen-bond acceptors (Lipinski definition) is 1. The van der Waals surface area contributed by atoms with Crippen LogP contribution >= 0.6 is 0 Å². The van der Waals surface area contributed by atoms with Gasteiger partial charge in [0, 0.05) is 16.8 Å². The van der Waals surface area contributed by atoms with Gasteiger partial charge in [0.25, 0.3) is 0 Å². The van der Waals surface area contributed by atoms with Crippen LogP contribution in [0.25, 0.3) is 44.5 Å². The number of rotatable bonds is 8. The molecule has 1 nitrogen and oxygen atoms in total. The zero-order valence-electron chi connectivity index (χ0n) is 31.0. The normalized spacial score (nSPS) is 12.4. The first-order chi connectivity index (χ1) is 27.8. The van der Waals surface area contributed by atoms with E-state index < -0.39 is 5.41 Å². The number of anilines is 3. The second-order valence-electron chi connectivity index (χ2n) is 14.4. The minimum atomic E-state index is -0.500. The van der Waals surface area contributed by atoms with Crippen molar-refractivity contribution in [2.24, 2.45) is 0 Å². The van der Waals surface area contributed by atoms with Gasteiger partial charge in [-0.3, -0.25) is 0 Å². The first kappa shape index (κ1) is 33.4. The van der Waals surface area contributed by atoms with Gasteiger partial charge >= 0.3 is 0 Å². The second kappa shape index (κ2) is 14.2. The Kier molecular flexibility index (Phi) is 8.46. The van der Waals surface area contributed by atoms with Crippen LogP contribution in [0.3, 0.4) is 0 Å². The van der Waals surface area contributed by atoms with Crippen LogP contribution in [-0.2, 0) is 5.41 Å². The minimum Gasteiger partial charge on any atom is -0.309 e. The molecule has 0 unspecified atom stereocenters. The van der Waals surface area contributed by atoms with Crippen LogP contribution in [0.15, 0.2) is 237 Å². The molecule has 0 N–H and O–H groups in total. The van der Waals surface area contributed by atoms with E-state index >= 15 is 0 Å². The van der Waals surface area contributed by atoms with E-state index in [9.17, 15) is 0 Å². The molecular weight excluding hydrogens is 675 g/mol. The Balaban J connectivity index is 1.22. The first-order valence-electron chi connectivity index (χ1n) is 19.4. The van der Waals surface area contributed by atoms with Gasteiger partial charge in [0.2, 0.25) is 0 Å². The summed E-state index contributed by atoms with van der Waals surface area (Å²) < 4.78 is 0. The Morgan fingerprint density at radius 3 is 1.27 bits per heavy atom. The Labute approximate surface area is 329 Å². The highest BCUT2D eigenvalue weighted by Crippen LogP contribution is 2.59. The lowest BCUT2D eigenvalue weighted by atomic mass is 9.68. The SMILES string of the molecule is c1ccc(-c2ccc(-c3ccccc3N(c3ccc(-c4ccccc4)cc3)c3cccc4c3-c3ccccc3C4(c3ccccc3)c3ccccc3)cc2)cc1. The Hall–Kier alpha value is -7.22. The molecule has 0 saturated heterocycles. The standard InChI is InChI=1S/C55H39N/c1-5-18-40(19-6-1)42-32-34-44(35-33-42)48-26-14-16-30-52(48)56(47-38-36-43(37-39-47)41-20-7-2-8-21-41)53-31-17-29-51-54(53)49-27-13-15-28-50(49)55(51,45-22-9-3-10-23-45)46-24-11-4-12-25-46/h1-39H. The average molecular weight is 714 g/mol. The van der Waals surface area contributed by atoms with Crippen molar-refractivity contribution in [1.29, 1.82) is 0 Å². The molecule has 0 spiro atoms. The van der Waals surface area contributed by atoms with Gasteiger partial charge in [0.1, 0.15) is 0 Å². The summed E-state index contributed by atoms with van der Waals surface area (Å²) in [6, 6.07) is 86.2. The van der Waals surface area contributed by atoms with Gasteiger partial charge in [0.05, 0.1) is 16.8 Å². The van der Waals surface area contributed by atoms with E-state index in [0.717, 1.165) is 17.1 Å².